The lowest BCUT2D eigenvalue weighted by Crippen LogP contribution is -2.25. The third kappa shape index (κ3) is 2.70. The molecule has 2 heterocycles. The van der Waals surface area contributed by atoms with E-state index in [1.165, 1.54) is 4.88 Å². The molecule has 3 N–H and O–H groups in total. The van der Waals surface area contributed by atoms with E-state index >= 15 is 0 Å². The van der Waals surface area contributed by atoms with E-state index in [0.717, 1.165) is 24.4 Å². The van der Waals surface area contributed by atoms with Crippen molar-refractivity contribution in [2.24, 2.45) is 5.73 Å². The smallest absolute Gasteiger partial charge is 0.326 e. The zero-order chi connectivity index (χ0) is 14.1. The van der Waals surface area contributed by atoms with Crippen LogP contribution in [0, 0.1) is 0 Å². The molecule has 0 aromatic carbocycles. The molecule has 0 bridgehead atoms. The molecule has 0 aliphatic heterocycles. The molecule has 3 rings (SSSR count). The lowest BCUT2D eigenvalue weighted by molar-refractivity contribution is 0.619. The van der Waals surface area contributed by atoms with Gasteiger partial charge in [0.15, 0.2) is 5.16 Å². The highest BCUT2D eigenvalue weighted by Gasteiger charge is 2.31. The summed E-state index contributed by atoms with van der Waals surface area (Å²) >= 11 is 3.31. The maximum Gasteiger partial charge on any atom is 0.344 e. The maximum absolute atomic E-state index is 11.8. The average molecular weight is 310 g/mol. The molecule has 0 saturated heterocycles. The second kappa shape index (κ2) is 5.75. The second-order valence-electron chi connectivity index (χ2n) is 5.04. The molecule has 1 saturated carbocycles. The van der Waals surface area contributed by atoms with Crippen LogP contribution in [0.15, 0.2) is 27.5 Å². The van der Waals surface area contributed by atoms with Crippen molar-refractivity contribution in [1.82, 2.24) is 14.8 Å². The Bertz CT molecular complexity index is 615. The van der Waals surface area contributed by atoms with Crippen LogP contribution >= 0.6 is 23.1 Å². The summed E-state index contributed by atoms with van der Waals surface area (Å²) in [6.07, 6.45) is 3.03. The minimum Gasteiger partial charge on any atom is -0.326 e. The lowest BCUT2D eigenvalue weighted by Gasteiger charge is -2.20. The van der Waals surface area contributed by atoms with Gasteiger partial charge in [0.25, 0.3) is 0 Å². The van der Waals surface area contributed by atoms with Crippen LogP contribution < -0.4 is 11.4 Å². The Labute approximate surface area is 125 Å². The van der Waals surface area contributed by atoms with Crippen molar-refractivity contribution in [3.05, 3.63) is 32.9 Å². The quantitative estimate of drug-likeness (QED) is 0.804. The van der Waals surface area contributed by atoms with E-state index in [2.05, 4.69) is 28.6 Å². The number of nitrogens with one attached hydrogen (secondary N) is 1. The summed E-state index contributed by atoms with van der Waals surface area (Å²) in [5, 5.41) is 9.72. The Hall–Kier alpha value is -1.05. The van der Waals surface area contributed by atoms with E-state index in [9.17, 15) is 4.79 Å². The van der Waals surface area contributed by atoms with E-state index in [0.29, 0.717) is 6.04 Å². The number of rotatable bonds is 6. The third-order valence-corrected chi connectivity index (χ3v) is 5.96. The predicted octanol–water partition coefficient (Wildman–Crippen LogP) is 2.54. The van der Waals surface area contributed by atoms with E-state index < -0.39 is 0 Å². The van der Waals surface area contributed by atoms with Gasteiger partial charge in [-0.3, -0.25) is 4.57 Å². The van der Waals surface area contributed by atoms with Gasteiger partial charge in [-0.1, -0.05) is 24.8 Å². The summed E-state index contributed by atoms with van der Waals surface area (Å²) in [4.78, 5) is 13.1. The molecule has 108 valence electrons. The summed E-state index contributed by atoms with van der Waals surface area (Å²) in [5.74, 6) is 0. The molecular formula is C13H18N4OS2. The highest BCUT2D eigenvalue weighted by Crippen LogP contribution is 2.42. The Balaban J connectivity index is 1.88. The monoisotopic (exact) mass is 310 g/mol. The van der Waals surface area contributed by atoms with Crippen LogP contribution in [-0.4, -0.2) is 20.8 Å². The van der Waals surface area contributed by atoms with Gasteiger partial charge in [-0.2, -0.15) is 0 Å². The number of aromatic nitrogens is 3. The first-order chi connectivity index (χ1) is 9.70. The topological polar surface area (TPSA) is 76.7 Å². The Morgan fingerprint density at radius 2 is 2.45 bits per heavy atom. The van der Waals surface area contributed by atoms with Crippen LogP contribution in [0.2, 0.25) is 0 Å². The molecule has 1 aliphatic carbocycles. The molecule has 1 aliphatic rings. The fraction of sp³-hybridized carbons (Fsp3) is 0.538. The van der Waals surface area contributed by atoms with Crippen molar-refractivity contribution in [3.63, 3.8) is 0 Å². The fourth-order valence-corrected chi connectivity index (χ4v) is 4.49. The number of nitrogens with two attached hydrogens (primary N) is 1. The van der Waals surface area contributed by atoms with E-state index in [-0.39, 0.29) is 17.0 Å². The van der Waals surface area contributed by atoms with Crippen LogP contribution in [0.5, 0.6) is 0 Å². The minimum absolute atomic E-state index is 0.0538. The van der Waals surface area contributed by atoms with Crippen molar-refractivity contribution in [2.75, 3.05) is 0 Å². The molecule has 0 radical (unpaired) electrons. The molecule has 7 heteroatoms. The third-order valence-electron chi connectivity index (χ3n) is 3.50. The zero-order valence-electron chi connectivity index (χ0n) is 11.3. The summed E-state index contributed by atoms with van der Waals surface area (Å²) < 4.78 is 1.79. The Morgan fingerprint density at radius 1 is 1.65 bits per heavy atom. The average Bonchev–Trinajstić information content (AvgIpc) is 3.00. The molecular weight excluding hydrogens is 292 g/mol. The fourth-order valence-electron chi connectivity index (χ4n) is 2.17. The largest absolute Gasteiger partial charge is 0.344 e. The van der Waals surface area contributed by atoms with Gasteiger partial charge in [0.2, 0.25) is 0 Å². The number of thiophene rings is 1. The van der Waals surface area contributed by atoms with Gasteiger partial charge in [0.1, 0.15) is 0 Å². The van der Waals surface area contributed by atoms with Crippen molar-refractivity contribution in [2.45, 2.75) is 48.7 Å². The SMILES string of the molecule is CCC(N)C(Sc1n[nH]c(=O)n1C1CC1)c1cccs1. The zero-order valence-corrected chi connectivity index (χ0v) is 12.9. The number of hydrogen-bond donors (Lipinski definition) is 2. The van der Waals surface area contributed by atoms with Gasteiger partial charge in [0.05, 0.1) is 5.25 Å². The normalized spacial score (nSPS) is 18.1. The van der Waals surface area contributed by atoms with Gasteiger partial charge in [-0.05, 0) is 30.7 Å². The molecule has 2 atom stereocenters. The van der Waals surface area contributed by atoms with E-state index in [1.807, 2.05) is 6.07 Å². The van der Waals surface area contributed by atoms with Crippen molar-refractivity contribution >= 4 is 23.1 Å². The number of H-pyrrole nitrogens is 1. The van der Waals surface area contributed by atoms with Crippen LogP contribution in [0.1, 0.15) is 42.4 Å². The standard InChI is InChI=1S/C13H18N4OS2/c1-2-9(14)11(10-4-3-7-19-10)20-13-16-15-12(18)17(13)8-5-6-8/h3-4,7-9,11H,2,5-6,14H2,1H3,(H,15,18). The molecule has 1 fully saturated rings. The number of thioether (sulfide) groups is 1. The van der Waals surface area contributed by atoms with Gasteiger partial charge in [-0.15, -0.1) is 16.4 Å². The maximum atomic E-state index is 11.8. The Kier molecular flexibility index (Phi) is 4.00. The Morgan fingerprint density at radius 3 is 3.05 bits per heavy atom. The molecule has 2 aromatic heterocycles. The molecule has 5 nitrogen and oxygen atoms in total. The summed E-state index contributed by atoms with van der Waals surface area (Å²) in [6.45, 7) is 2.09. The van der Waals surface area contributed by atoms with Crippen molar-refractivity contribution in [3.8, 4) is 0 Å². The molecule has 2 aromatic rings. The van der Waals surface area contributed by atoms with Crippen LogP contribution in [0.4, 0.5) is 0 Å². The molecule has 0 amide bonds. The predicted molar refractivity (Wildman–Crippen MR) is 82.3 cm³/mol. The minimum atomic E-state index is -0.106. The van der Waals surface area contributed by atoms with Crippen molar-refractivity contribution < 1.29 is 0 Å². The van der Waals surface area contributed by atoms with E-state index in [4.69, 9.17) is 5.73 Å². The molecule has 20 heavy (non-hydrogen) atoms. The first-order valence-electron chi connectivity index (χ1n) is 6.83. The van der Waals surface area contributed by atoms with Gasteiger partial charge < -0.3 is 5.73 Å². The summed E-state index contributed by atoms with van der Waals surface area (Å²) in [6, 6.07) is 4.52. The highest BCUT2D eigenvalue weighted by molar-refractivity contribution is 7.99. The van der Waals surface area contributed by atoms with Gasteiger partial charge in [0, 0.05) is 17.0 Å². The van der Waals surface area contributed by atoms with Gasteiger partial charge >= 0.3 is 5.69 Å². The van der Waals surface area contributed by atoms with Crippen molar-refractivity contribution in [1.29, 1.82) is 0 Å². The summed E-state index contributed by atoms with van der Waals surface area (Å²) in [7, 11) is 0. The van der Waals surface area contributed by atoms with Crippen LogP contribution in [0.3, 0.4) is 0 Å². The number of aromatic amines is 1. The first kappa shape index (κ1) is 13.9. The van der Waals surface area contributed by atoms with Crippen LogP contribution in [-0.2, 0) is 0 Å². The van der Waals surface area contributed by atoms with Crippen LogP contribution in [0.25, 0.3) is 0 Å². The van der Waals surface area contributed by atoms with Gasteiger partial charge in [-0.25, -0.2) is 9.89 Å². The highest BCUT2D eigenvalue weighted by atomic mass is 32.2. The van der Waals surface area contributed by atoms with E-state index in [1.54, 1.807) is 27.7 Å². The summed E-state index contributed by atoms with van der Waals surface area (Å²) in [5.41, 5.74) is 6.16. The first-order valence-corrected chi connectivity index (χ1v) is 8.59. The number of nitrogens with zero attached hydrogens (tertiary/aromatic N) is 2. The lowest BCUT2D eigenvalue weighted by atomic mass is 10.1. The second-order valence-corrected chi connectivity index (χ2v) is 7.13. The number of hydrogen-bond acceptors (Lipinski definition) is 5. The molecule has 0 spiro atoms. The molecule has 2 unspecified atom stereocenters.